The smallest absolute Gasteiger partial charge is 0.323 e. The Morgan fingerprint density at radius 2 is 1.89 bits per heavy atom. The summed E-state index contributed by atoms with van der Waals surface area (Å²) in [6, 6.07) is 0. The van der Waals surface area contributed by atoms with Gasteiger partial charge in [0.2, 0.25) is 0 Å². The Morgan fingerprint density at radius 1 is 1.17 bits per heavy atom. The third kappa shape index (κ3) is 2.05. The number of ether oxygens (including phenoxy) is 1. The summed E-state index contributed by atoms with van der Waals surface area (Å²) in [5, 5.41) is 12.5. The summed E-state index contributed by atoms with van der Waals surface area (Å²) in [4.78, 5) is 11.3. The molecule has 3 fully saturated rings. The van der Waals surface area contributed by atoms with Crippen LogP contribution in [0.1, 0.15) is 57.8 Å². The highest BCUT2D eigenvalue weighted by Gasteiger charge is 2.46. The van der Waals surface area contributed by atoms with Crippen molar-refractivity contribution in [3.8, 4) is 0 Å². The Kier molecular flexibility index (Phi) is 3.10. The topological polar surface area (TPSA) is 58.6 Å². The molecule has 1 unspecified atom stereocenters. The van der Waals surface area contributed by atoms with Crippen molar-refractivity contribution in [3.63, 3.8) is 0 Å². The summed E-state index contributed by atoms with van der Waals surface area (Å²) >= 11 is 0. The average molecular weight is 253 g/mol. The first-order chi connectivity index (χ1) is 8.64. The van der Waals surface area contributed by atoms with Crippen molar-refractivity contribution in [2.24, 2.45) is 0 Å². The molecule has 0 amide bonds. The van der Waals surface area contributed by atoms with E-state index in [1.807, 2.05) is 0 Å². The van der Waals surface area contributed by atoms with Crippen LogP contribution < -0.4 is 5.32 Å². The van der Waals surface area contributed by atoms with Gasteiger partial charge < -0.3 is 9.84 Å². The first-order valence-corrected chi connectivity index (χ1v) is 7.31. The molecule has 0 aromatic rings. The molecule has 4 heteroatoms. The SMILES string of the molecule is O=C(O)C1(NCC2CCC3(CCCC3)O2)CCC1. The number of aliphatic carboxylic acids is 1. The average Bonchev–Trinajstić information content (AvgIpc) is 2.88. The normalized spacial score (nSPS) is 32.6. The minimum absolute atomic E-state index is 0.155. The van der Waals surface area contributed by atoms with Crippen LogP contribution in [-0.4, -0.2) is 34.9 Å². The maximum Gasteiger partial charge on any atom is 0.323 e. The highest BCUT2D eigenvalue weighted by atomic mass is 16.5. The number of hydrogen-bond acceptors (Lipinski definition) is 3. The Balaban J connectivity index is 1.51. The van der Waals surface area contributed by atoms with E-state index in [2.05, 4.69) is 5.32 Å². The number of hydrogen-bond donors (Lipinski definition) is 2. The molecule has 0 aromatic carbocycles. The zero-order chi connectivity index (χ0) is 12.6. The molecule has 2 N–H and O–H groups in total. The molecular weight excluding hydrogens is 230 g/mol. The summed E-state index contributed by atoms with van der Waals surface area (Å²) in [5.74, 6) is -0.692. The Labute approximate surface area is 108 Å². The highest BCUT2D eigenvalue weighted by molar-refractivity contribution is 5.79. The quantitative estimate of drug-likeness (QED) is 0.805. The lowest BCUT2D eigenvalue weighted by atomic mass is 9.76. The lowest BCUT2D eigenvalue weighted by Gasteiger charge is -2.39. The van der Waals surface area contributed by atoms with Crippen LogP contribution in [-0.2, 0) is 9.53 Å². The number of carboxylic acids is 1. The summed E-state index contributed by atoms with van der Waals surface area (Å²) < 4.78 is 6.20. The van der Waals surface area contributed by atoms with E-state index in [1.54, 1.807) is 0 Å². The van der Waals surface area contributed by atoms with E-state index in [0.717, 1.165) is 25.7 Å². The first kappa shape index (κ1) is 12.4. The van der Waals surface area contributed by atoms with Gasteiger partial charge in [-0.05, 0) is 44.9 Å². The monoisotopic (exact) mass is 253 g/mol. The molecule has 102 valence electrons. The van der Waals surface area contributed by atoms with Gasteiger partial charge in [-0.15, -0.1) is 0 Å². The lowest BCUT2D eigenvalue weighted by molar-refractivity contribution is -0.149. The van der Waals surface area contributed by atoms with E-state index >= 15 is 0 Å². The second-order valence-electron chi connectivity index (χ2n) is 6.29. The number of rotatable bonds is 4. The Morgan fingerprint density at radius 3 is 2.44 bits per heavy atom. The molecule has 2 aliphatic carbocycles. The lowest BCUT2D eigenvalue weighted by Crippen LogP contribution is -2.58. The summed E-state index contributed by atoms with van der Waals surface area (Å²) in [6.45, 7) is 0.702. The fraction of sp³-hybridized carbons (Fsp3) is 0.929. The fourth-order valence-electron chi connectivity index (χ4n) is 3.73. The first-order valence-electron chi connectivity index (χ1n) is 7.31. The molecule has 3 rings (SSSR count). The van der Waals surface area contributed by atoms with Crippen LogP contribution in [0.4, 0.5) is 0 Å². The van der Waals surface area contributed by atoms with E-state index in [1.165, 1.54) is 32.1 Å². The van der Waals surface area contributed by atoms with Crippen molar-refractivity contribution in [2.75, 3.05) is 6.54 Å². The van der Waals surface area contributed by atoms with E-state index in [0.29, 0.717) is 6.54 Å². The minimum Gasteiger partial charge on any atom is -0.480 e. The van der Waals surface area contributed by atoms with Gasteiger partial charge in [0.25, 0.3) is 0 Å². The van der Waals surface area contributed by atoms with Crippen molar-refractivity contribution in [1.82, 2.24) is 5.32 Å². The summed E-state index contributed by atoms with van der Waals surface area (Å²) in [6.07, 6.45) is 10.0. The molecule has 18 heavy (non-hydrogen) atoms. The standard InChI is InChI=1S/C14H23NO3/c16-12(17)14(7-3-8-14)15-10-11-4-9-13(18-11)5-1-2-6-13/h11,15H,1-10H2,(H,16,17). The van der Waals surface area contributed by atoms with Crippen molar-refractivity contribution in [3.05, 3.63) is 0 Å². The van der Waals surface area contributed by atoms with Gasteiger partial charge in [0.15, 0.2) is 0 Å². The molecule has 0 radical (unpaired) electrons. The predicted octanol–water partition coefficient (Wildman–Crippen LogP) is 2.08. The van der Waals surface area contributed by atoms with E-state index in [-0.39, 0.29) is 11.7 Å². The summed E-state index contributed by atoms with van der Waals surface area (Å²) in [5.41, 5.74) is -0.489. The molecule has 4 nitrogen and oxygen atoms in total. The largest absolute Gasteiger partial charge is 0.480 e. The zero-order valence-corrected chi connectivity index (χ0v) is 10.9. The van der Waals surface area contributed by atoms with Gasteiger partial charge in [-0.1, -0.05) is 12.8 Å². The van der Waals surface area contributed by atoms with Crippen LogP contribution in [0.2, 0.25) is 0 Å². The van der Waals surface area contributed by atoms with Gasteiger partial charge in [0.1, 0.15) is 5.54 Å². The molecule has 1 heterocycles. The molecule has 1 spiro atoms. The van der Waals surface area contributed by atoms with Crippen LogP contribution >= 0.6 is 0 Å². The van der Waals surface area contributed by atoms with Gasteiger partial charge >= 0.3 is 5.97 Å². The number of carboxylic acid groups (broad SMARTS) is 1. The molecule has 1 atom stereocenters. The molecule has 1 aliphatic heterocycles. The molecular formula is C14H23NO3. The van der Waals surface area contributed by atoms with Crippen molar-refractivity contribution in [2.45, 2.75) is 75.0 Å². The molecule has 0 bridgehead atoms. The van der Waals surface area contributed by atoms with Gasteiger partial charge in [0, 0.05) is 6.54 Å². The maximum atomic E-state index is 11.3. The highest BCUT2D eigenvalue weighted by Crippen LogP contribution is 2.43. The van der Waals surface area contributed by atoms with Gasteiger partial charge in [-0.3, -0.25) is 10.1 Å². The molecule has 2 saturated carbocycles. The Bertz CT molecular complexity index is 332. The van der Waals surface area contributed by atoms with Crippen LogP contribution in [0, 0.1) is 0 Å². The third-order valence-corrected chi connectivity index (χ3v) is 5.14. The summed E-state index contributed by atoms with van der Waals surface area (Å²) in [7, 11) is 0. The third-order valence-electron chi connectivity index (χ3n) is 5.14. The van der Waals surface area contributed by atoms with Gasteiger partial charge in [0.05, 0.1) is 11.7 Å². The maximum absolute atomic E-state index is 11.3. The van der Waals surface area contributed by atoms with E-state index in [9.17, 15) is 9.90 Å². The van der Waals surface area contributed by atoms with Gasteiger partial charge in [-0.25, -0.2) is 0 Å². The number of carbonyl (C=O) groups is 1. The zero-order valence-electron chi connectivity index (χ0n) is 10.9. The van der Waals surface area contributed by atoms with Crippen LogP contribution in [0.3, 0.4) is 0 Å². The van der Waals surface area contributed by atoms with E-state index < -0.39 is 11.5 Å². The second kappa shape index (κ2) is 4.49. The van der Waals surface area contributed by atoms with Crippen molar-refractivity contribution in [1.29, 1.82) is 0 Å². The second-order valence-corrected chi connectivity index (χ2v) is 6.29. The van der Waals surface area contributed by atoms with Crippen molar-refractivity contribution < 1.29 is 14.6 Å². The van der Waals surface area contributed by atoms with Crippen LogP contribution in [0.5, 0.6) is 0 Å². The van der Waals surface area contributed by atoms with Crippen molar-refractivity contribution >= 4 is 5.97 Å². The molecule has 3 aliphatic rings. The predicted molar refractivity (Wildman–Crippen MR) is 67.5 cm³/mol. The van der Waals surface area contributed by atoms with Crippen LogP contribution in [0.25, 0.3) is 0 Å². The number of nitrogens with one attached hydrogen (secondary N) is 1. The van der Waals surface area contributed by atoms with Gasteiger partial charge in [-0.2, -0.15) is 0 Å². The fourth-order valence-corrected chi connectivity index (χ4v) is 3.73. The molecule has 1 saturated heterocycles. The molecule has 0 aromatic heterocycles. The Hall–Kier alpha value is -0.610. The minimum atomic E-state index is -0.692. The van der Waals surface area contributed by atoms with E-state index in [4.69, 9.17) is 4.74 Å². The van der Waals surface area contributed by atoms with Crippen LogP contribution in [0.15, 0.2) is 0 Å².